The van der Waals surface area contributed by atoms with Crippen LogP contribution in [0.3, 0.4) is 0 Å². The van der Waals surface area contributed by atoms with Crippen molar-refractivity contribution in [2.45, 2.75) is 52.2 Å². The van der Waals surface area contributed by atoms with Gasteiger partial charge in [-0.2, -0.15) is 0 Å². The molecule has 1 aromatic heterocycles. The second kappa shape index (κ2) is 7.48. The summed E-state index contributed by atoms with van der Waals surface area (Å²) in [6, 6.07) is 4.55. The van der Waals surface area contributed by atoms with Gasteiger partial charge >= 0.3 is 0 Å². The highest BCUT2D eigenvalue weighted by molar-refractivity contribution is 5.52. The Morgan fingerprint density at radius 2 is 2.15 bits per heavy atom. The van der Waals surface area contributed by atoms with Crippen molar-refractivity contribution in [3.05, 3.63) is 18.3 Å². The second-order valence-corrected chi connectivity index (χ2v) is 5.78. The quantitative estimate of drug-likeness (QED) is 0.866. The minimum atomic E-state index is 0.150. The van der Waals surface area contributed by atoms with Gasteiger partial charge in [-0.05, 0) is 51.8 Å². The van der Waals surface area contributed by atoms with Gasteiger partial charge in [-0.1, -0.05) is 6.92 Å². The van der Waals surface area contributed by atoms with E-state index in [0.29, 0.717) is 6.04 Å². The number of nitrogens with zero attached hydrogens (tertiary/aromatic N) is 2. The third-order valence-corrected chi connectivity index (χ3v) is 3.61. The molecule has 1 fully saturated rings. The number of hydrogen-bond donors (Lipinski definition) is 1. The number of aromatic nitrogens is 1. The summed E-state index contributed by atoms with van der Waals surface area (Å²) in [5, 5.41) is 3.60. The van der Waals surface area contributed by atoms with E-state index in [0.717, 1.165) is 11.6 Å². The summed E-state index contributed by atoms with van der Waals surface area (Å²) in [6.45, 7) is 9.90. The van der Waals surface area contributed by atoms with Crippen LogP contribution in [0.5, 0.6) is 5.88 Å². The summed E-state index contributed by atoms with van der Waals surface area (Å²) in [7, 11) is 0. The number of hydrogen-bond acceptors (Lipinski definition) is 4. The fraction of sp³-hybridized carbons (Fsp3) is 0.688. The van der Waals surface area contributed by atoms with Gasteiger partial charge in [0.1, 0.15) is 0 Å². The first-order valence-corrected chi connectivity index (χ1v) is 7.79. The fourth-order valence-electron chi connectivity index (χ4n) is 2.65. The van der Waals surface area contributed by atoms with E-state index in [-0.39, 0.29) is 6.10 Å². The maximum atomic E-state index is 5.76. The molecule has 4 heteroatoms. The summed E-state index contributed by atoms with van der Waals surface area (Å²) in [5.41, 5.74) is 1.02. The summed E-state index contributed by atoms with van der Waals surface area (Å²) >= 11 is 0. The first-order chi connectivity index (χ1) is 9.69. The van der Waals surface area contributed by atoms with Crippen LogP contribution in [0.15, 0.2) is 18.3 Å². The summed E-state index contributed by atoms with van der Waals surface area (Å²) < 4.78 is 5.76. The molecule has 2 heterocycles. The zero-order valence-electron chi connectivity index (χ0n) is 12.9. The molecular weight excluding hydrogens is 250 g/mol. The van der Waals surface area contributed by atoms with Gasteiger partial charge in [-0.15, -0.1) is 0 Å². The molecule has 1 aliphatic heterocycles. The van der Waals surface area contributed by atoms with Crippen molar-refractivity contribution in [1.29, 1.82) is 0 Å². The Balaban J connectivity index is 1.91. The van der Waals surface area contributed by atoms with Crippen molar-refractivity contribution in [2.75, 3.05) is 25.0 Å². The predicted octanol–water partition coefficient (Wildman–Crippen LogP) is 3.16. The number of rotatable bonds is 6. The molecule has 1 aromatic rings. The summed E-state index contributed by atoms with van der Waals surface area (Å²) in [6.07, 6.45) is 5.56. The zero-order chi connectivity index (χ0) is 14.4. The Labute approximate surface area is 122 Å². The van der Waals surface area contributed by atoms with Crippen LogP contribution >= 0.6 is 0 Å². The van der Waals surface area contributed by atoms with Crippen LogP contribution in [-0.4, -0.2) is 41.7 Å². The second-order valence-electron chi connectivity index (χ2n) is 5.78. The first-order valence-electron chi connectivity index (χ1n) is 7.79. The normalized spacial score (nSPS) is 17.4. The molecule has 112 valence electrons. The molecule has 0 unspecified atom stereocenters. The van der Waals surface area contributed by atoms with Crippen molar-refractivity contribution in [3.63, 3.8) is 0 Å². The molecule has 20 heavy (non-hydrogen) atoms. The van der Waals surface area contributed by atoms with Crippen LogP contribution in [-0.2, 0) is 0 Å². The molecule has 1 saturated heterocycles. The maximum Gasteiger partial charge on any atom is 0.237 e. The van der Waals surface area contributed by atoms with Crippen LogP contribution in [0.2, 0.25) is 0 Å². The van der Waals surface area contributed by atoms with Gasteiger partial charge < -0.3 is 15.0 Å². The highest BCUT2D eigenvalue weighted by Crippen LogP contribution is 2.25. The van der Waals surface area contributed by atoms with E-state index in [1.165, 1.54) is 38.9 Å². The minimum absolute atomic E-state index is 0.150. The van der Waals surface area contributed by atoms with Gasteiger partial charge in [0.2, 0.25) is 5.88 Å². The third-order valence-electron chi connectivity index (χ3n) is 3.61. The van der Waals surface area contributed by atoms with Crippen molar-refractivity contribution < 1.29 is 4.74 Å². The Morgan fingerprint density at radius 1 is 1.40 bits per heavy atom. The minimum Gasteiger partial charge on any atom is -0.473 e. The molecule has 1 aliphatic rings. The van der Waals surface area contributed by atoms with Gasteiger partial charge in [0.25, 0.3) is 0 Å². The molecule has 2 rings (SSSR count). The third kappa shape index (κ3) is 4.37. The predicted molar refractivity (Wildman–Crippen MR) is 83.4 cm³/mol. The average molecular weight is 277 g/mol. The van der Waals surface area contributed by atoms with Crippen LogP contribution in [0, 0.1) is 0 Å². The largest absolute Gasteiger partial charge is 0.473 e. The van der Waals surface area contributed by atoms with E-state index in [4.69, 9.17) is 4.74 Å². The van der Waals surface area contributed by atoms with Crippen molar-refractivity contribution in [1.82, 2.24) is 9.88 Å². The zero-order valence-corrected chi connectivity index (χ0v) is 12.9. The molecule has 0 aromatic carbocycles. The molecule has 0 amide bonds. The monoisotopic (exact) mass is 277 g/mol. The SMILES string of the molecule is CCCN1CCC(Nc2cccnc2OC(C)C)CC1. The number of nitrogens with one attached hydrogen (secondary N) is 1. The topological polar surface area (TPSA) is 37.4 Å². The number of piperidine rings is 1. The van der Waals surface area contributed by atoms with Gasteiger partial charge in [-0.3, -0.25) is 0 Å². The lowest BCUT2D eigenvalue weighted by Crippen LogP contribution is -2.39. The Kier molecular flexibility index (Phi) is 5.65. The smallest absolute Gasteiger partial charge is 0.237 e. The highest BCUT2D eigenvalue weighted by Gasteiger charge is 2.19. The molecule has 0 radical (unpaired) electrons. The highest BCUT2D eigenvalue weighted by atomic mass is 16.5. The van der Waals surface area contributed by atoms with Gasteiger partial charge in [0.05, 0.1) is 11.8 Å². The fourth-order valence-corrected chi connectivity index (χ4v) is 2.65. The van der Waals surface area contributed by atoms with E-state index >= 15 is 0 Å². The number of pyridine rings is 1. The average Bonchev–Trinajstić information content (AvgIpc) is 2.43. The molecule has 0 aliphatic carbocycles. The molecule has 0 atom stereocenters. The number of anilines is 1. The van der Waals surface area contributed by atoms with Crippen LogP contribution in [0.1, 0.15) is 40.0 Å². The Bertz CT molecular complexity index is 400. The lowest BCUT2D eigenvalue weighted by molar-refractivity contribution is 0.217. The summed E-state index contributed by atoms with van der Waals surface area (Å²) in [4.78, 5) is 6.88. The maximum absolute atomic E-state index is 5.76. The molecule has 4 nitrogen and oxygen atoms in total. The van der Waals surface area contributed by atoms with Crippen LogP contribution in [0.25, 0.3) is 0 Å². The van der Waals surface area contributed by atoms with E-state index < -0.39 is 0 Å². The summed E-state index contributed by atoms with van der Waals surface area (Å²) in [5.74, 6) is 0.721. The van der Waals surface area contributed by atoms with Gasteiger partial charge in [0, 0.05) is 25.3 Å². The van der Waals surface area contributed by atoms with Crippen molar-refractivity contribution in [2.24, 2.45) is 0 Å². The Morgan fingerprint density at radius 3 is 2.80 bits per heavy atom. The van der Waals surface area contributed by atoms with Gasteiger partial charge in [-0.25, -0.2) is 4.98 Å². The van der Waals surface area contributed by atoms with Crippen molar-refractivity contribution >= 4 is 5.69 Å². The molecule has 0 bridgehead atoms. The lowest BCUT2D eigenvalue weighted by Gasteiger charge is -2.32. The Hall–Kier alpha value is -1.29. The van der Waals surface area contributed by atoms with E-state index in [9.17, 15) is 0 Å². The van der Waals surface area contributed by atoms with Crippen molar-refractivity contribution in [3.8, 4) is 5.88 Å². The van der Waals surface area contributed by atoms with E-state index in [1.807, 2.05) is 19.9 Å². The van der Waals surface area contributed by atoms with Crippen LogP contribution < -0.4 is 10.1 Å². The van der Waals surface area contributed by atoms with E-state index in [1.54, 1.807) is 6.20 Å². The molecule has 0 spiro atoms. The van der Waals surface area contributed by atoms with E-state index in [2.05, 4.69) is 28.2 Å². The van der Waals surface area contributed by atoms with Gasteiger partial charge in [0.15, 0.2) is 0 Å². The molecular formula is C16H27N3O. The number of likely N-dealkylation sites (tertiary alicyclic amines) is 1. The molecule has 1 N–H and O–H groups in total. The standard InChI is InChI=1S/C16H27N3O/c1-4-10-19-11-7-14(8-12-19)18-15-6-5-9-17-16(15)20-13(2)3/h5-6,9,13-14,18H,4,7-8,10-12H2,1-3H3. The number of ether oxygens (including phenoxy) is 1. The molecule has 0 saturated carbocycles. The lowest BCUT2D eigenvalue weighted by atomic mass is 10.0. The van der Waals surface area contributed by atoms with Crippen LogP contribution in [0.4, 0.5) is 5.69 Å². The first kappa shape index (κ1) is 15.1.